The number of pyridine rings is 2. The van der Waals surface area contributed by atoms with Crippen LogP contribution in [0, 0.1) is 5.82 Å². The zero-order chi connectivity index (χ0) is 22.9. The normalized spacial score (nSPS) is 11.5. The quantitative estimate of drug-likeness (QED) is 0.465. The predicted molar refractivity (Wildman–Crippen MR) is 125 cm³/mol. The van der Waals surface area contributed by atoms with Crippen molar-refractivity contribution >= 4 is 32.3 Å². The van der Waals surface area contributed by atoms with E-state index in [1.165, 1.54) is 24.4 Å². The molecule has 32 heavy (non-hydrogen) atoms. The molecule has 0 aliphatic carbocycles. The second-order valence-corrected chi connectivity index (χ2v) is 9.30. The maximum Gasteiger partial charge on any atom is 0.272 e. The van der Waals surface area contributed by atoms with Crippen molar-refractivity contribution in [3.05, 3.63) is 88.7 Å². The van der Waals surface area contributed by atoms with Crippen LogP contribution in [0.2, 0.25) is 0 Å². The van der Waals surface area contributed by atoms with Gasteiger partial charge in [-0.1, -0.05) is 18.2 Å². The Morgan fingerprint density at radius 1 is 1.09 bits per heavy atom. The lowest BCUT2D eigenvalue weighted by Crippen LogP contribution is -2.18. The van der Waals surface area contributed by atoms with Gasteiger partial charge in [-0.05, 0) is 47.5 Å². The largest absolute Gasteiger partial charge is 0.370 e. The minimum Gasteiger partial charge on any atom is -0.370 e. The topological polar surface area (TPSA) is 95.2 Å². The summed E-state index contributed by atoms with van der Waals surface area (Å²) in [6.07, 6.45) is 4.23. The molecule has 0 radical (unpaired) electrons. The van der Waals surface area contributed by atoms with Gasteiger partial charge in [0, 0.05) is 42.6 Å². The fraction of sp³-hybridized carbons (Fsp3) is 0.130. The monoisotopic (exact) mass is 452 g/mol. The van der Waals surface area contributed by atoms with Gasteiger partial charge in [-0.2, -0.15) is 0 Å². The second kappa shape index (κ2) is 8.43. The van der Waals surface area contributed by atoms with Gasteiger partial charge in [0.1, 0.15) is 11.5 Å². The SMILES string of the molecule is CN(Cc1cccc(F)c1)c1ccnc2ccc(-c3c[nH]c(=O)c(NS(C)(=O)=O)c3)cc12. The highest BCUT2D eigenvalue weighted by molar-refractivity contribution is 7.92. The molecule has 2 aromatic heterocycles. The Labute approximate surface area is 184 Å². The van der Waals surface area contributed by atoms with Crippen molar-refractivity contribution in [2.24, 2.45) is 0 Å². The molecule has 4 rings (SSSR count). The summed E-state index contributed by atoms with van der Waals surface area (Å²) in [6, 6.07) is 15.5. The van der Waals surface area contributed by atoms with Gasteiger partial charge in [0.25, 0.3) is 5.56 Å². The molecule has 0 saturated carbocycles. The van der Waals surface area contributed by atoms with Crippen molar-refractivity contribution < 1.29 is 12.8 Å². The van der Waals surface area contributed by atoms with Crippen molar-refractivity contribution in [1.29, 1.82) is 0 Å². The van der Waals surface area contributed by atoms with Gasteiger partial charge in [0.15, 0.2) is 0 Å². The lowest BCUT2D eigenvalue weighted by atomic mass is 10.0. The molecule has 0 aliphatic rings. The van der Waals surface area contributed by atoms with Crippen molar-refractivity contribution in [3.8, 4) is 11.1 Å². The van der Waals surface area contributed by atoms with Crippen molar-refractivity contribution in [2.45, 2.75) is 6.54 Å². The van der Waals surface area contributed by atoms with Crippen molar-refractivity contribution in [2.75, 3.05) is 22.9 Å². The number of halogens is 1. The Hall–Kier alpha value is -3.72. The molecule has 9 heteroatoms. The minimum atomic E-state index is -3.60. The van der Waals surface area contributed by atoms with Gasteiger partial charge < -0.3 is 9.88 Å². The van der Waals surface area contributed by atoms with Crippen LogP contribution < -0.4 is 15.2 Å². The molecule has 0 fully saturated rings. The first-order valence-corrected chi connectivity index (χ1v) is 11.6. The van der Waals surface area contributed by atoms with Crippen LogP contribution in [0.1, 0.15) is 5.56 Å². The minimum absolute atomic E-state index is 0.0558. The number of hydrogen-bond donors (Lipinski definition) is 2. The van der Waals surface area contributed by atoms with E-state index in [4.69, 9.17) is 0 Å². The summed E-state index contributed by atoms with van der Waals surface area (Å²) in [4.78, 5) is 21.0. The van der Waals surface area contributed by atoms with E-state index >= 15 is 0 Å². The lowest BCUT2D eigenvalue weighted by molar-refractivity contribution is 0.606. The van der Waals surface area contributed by atoms with Crippen LogP contribution in [-0.4, -0.2) is 31.7 Å². The molecule has 0 unspecified atom stereocenters. The molecule has 0 amide bonds. The van der Waals surface area contributed by atoms with Crippen LogP contribution in [-0.2, 0) is 16.6 Å². The van der Waals surface area contributed by atoms with Crippen molar-refractivity contribution in [3.63, 3.8) is 0 Å². The van der Waals surface area contributed by atoms with E-state index in [2.05, 4.69) is 14.7 Å². The van der Waals surface area contributed by atoms with Gasteiger partial charge in [-0.25, -0.2) is 12.8 Å². The molecule has 0 saturated heterocycles. The number of benzene rings is 2. The summed E-state index contributed by atoms with van der Waals surface area (Å²) in [5, 5.41) is 0.868. The number of aromatic nitrogens is 2. The highest BCUT2D eigenvalue weighted by Crippen LogP contribution is 2.30. The van der Waals surface area contributed by atoms with E-state index in [0.29, 0.717) is 12.1 Å². The number of H-pyrrole nitrogens is 1. The third kappa shape index (κ3) is 4.78. The van der Waals surface area contributed by atoms with Gasteiger partial charge in [-0.3, -0.25) is 14.5 Å². The van der Waals surface area contributed by atoms with Gasteiger partial charge in [0.2, 0.25) is 10.0 Å². The number of hydrogen-bond acceptors (Lipinski definition) is 5. The fourth-order valence-electron chi connectivity index (χ4n) is 3.56. The van der Waals surface area contributed by atoms with E-state index in [-0.39, 0.29) is 11.5 Å². The number of fused-ring (bicyclic) bond motifs is 1. The van der Waals surface area contributed by atoms with Crippen LogP contribution in [0.15, 0.2) is 71.8 Å². The van der Waals surface area contributed by atoms with Crippen LogP contribution in [0.25, 0.3) is 22.0 Å². The lowest BCUT2D eigenvalue weighted by Gasteiger charge is -2.21. The molecule has 0 spiro atoms. The molecule has 2 N–H and O–H groups in total. The molecule has 2 heterocycles. The third-order valence-corrected chi connectivity index (χ3v) is 5.56. The maximum atomic E-state index is 13.6. The number of nitrogens with one attached hydrogen (secondary N) is 2. The Balaban J connectivity index is 1.74. The first-order chi connectivity index (χ1) is 15.2. The number of sulfonamides is 1. The number of aromatic amines is 1. The van der Waals surface area contributed by atoms with Crippen LogP contribution >= 0.6 is 0 Å². The molecular weight excluding hydrogens is 431 g/mol. The van der Waals surface area contributed by atoms with E-state index in [1.807, 2.05) is 42.3 Å². The molecule has 2 aromatic carbocycles. The number of nitrogens with zero attached hydrogens (tertiary/aromatic N) is 2. The van der Waals surface area contributed by atoms with Gasteiger partial charge >= 0.3 is 0 Å². The Morgan fingerprint density at radius 3 is 2.66 bits per heavy atom. The summed E-state index contributed by atoms with van der Waals surface area (Å²) in [5.74, 6) is -0.283. The first kappa shape index (κ1) is 21.5. The highest BCUT2D eigenvalue weighted by atomic mass is 32.2. The van der Waals surface area contributed by atoms with Crippen LogP contribution in [0.5, 0.6) is 0 Å². The summed E-state index contributed by atoms with van der Waals surface area (Å²) < 4.78 is 38.9. The third-order valence-electron chi connectivity index (χ3n) is 4.97. The molecular formula is C23H21FN4O3S. The summed E-state index contributed by atoms with van der Waals surface area (Å²) in [6.45, 7) is 0.502. The zero-order valence-corrected chi connectivity index (χ0v) is 18.3. The average molecular weight is 453 g/mol. The van der Waals surface area contributed by atoms with Crippen molar-refractivity contribution in [1.82, 2.24) is 9.97 Å². The molecule has 4 aromatic rings. The van der Waals surface area contributed by atoms with E-state index in [1.54, 1.807) is 12.3 Å². The highest BCUT2D eigenvalue weighted by Gasteiger charge is 2.12. The maximum absolute atomic E-state index is 13.6. The molecule has 0 aliphatic heterocycles. The molecule has 0 atom stereocenters. The summed E-state index contributed by atoms with van der Waals surface area (Å²) in [5.41, 5.74) is 3.35. The summed E-state index contributed by atoms with van der Waals surface area (Å²) in [7, 11) is -1.68. The molecule has 164 valence electrons. The number of anilines is 2. The van der Waals surface area contributed by atoms with E-state index in [9.17, 15) is 17.6 Å². The number of rotatable bonds is 6. The van der Waals surface area contributed by atoms with Gasteiger partial charge in [0.05, 0.1) is 11.8 Å². The molecule has 0 bridgehead atoms. The standard InChI is InChI=1S/C23H21FN4O3S/c1-28(14-15-4-3-5-18(24)10-15)22-8-9-25-20-7-6-16(11-19(20)22)17-12-21(23(29)26-13-17)27-32(2,30)31/h3-13,27H,14H2,1-2H3,(H,26,29). The first-order valence-electron chi connectivity index (χ1n) is 9.75. The Kier molecular flexibility index (Phi) is 5.67. The average Bonchev–Trinajstić information content (AvgIpc) is 2.73. The van der Waals surface area contributed by atoms with E-state index in [0.717, 1.165) is 34.0 Å². The Bertz CT molecular complexity index is 1470. The predicted octanol–water partition coefficient (Wildman–Crippen LogP) is 3.74. The second-order valence-electron chi connectivity index (χ2n) is 7.55. The smallest absolute Gasteiger partial charge is 0.272 e. The zero-order valence-electron chi connectivity index (χ0n) is 17.5. The fourth-order valence-corrected chi connectivity index (χ4v) is 4.12. The van der Waals surface area contributed by atoms with Crippen LogP contribution in [0.3, 0.4) is 0 Å². The summed E-state index contributed by atoms with van der Waals surface area (Å²) >= 11 is 0. The van der Waals surface area contributed by atoms with Gasteiger partial charge in [-0.15, -0.1) is 0 Å². The molecule has 7 nitrogen and oxygen atoms in total. The van der Waals surface area contributed by atoms with E-state index < -0.39 is 15.6 Å². The van der Waals surface area contributed by atoms with Crippen LogP contribution in [0.4, 0.5) is 15.8 Å². The Morgan fingerprint density at radius 2 is 1.91 bits per heavy atom.